The topological polar surface area (TPSA) is 42.0 Å². The summed E-state index contributed by atoms with van der Waals surface area (Å²) in [6.07, 6.45) is 11.3. The van der Waals surface area contributed by atoms with Crippen molar-refractivity contribution in [1.29, 1.82) is 0 Å². The van der Waals surface area contributed by atoms with Crippen molar-refractivity contribution in [3.8, 4) is 0 Å². The Hall–Kier alpha value is -0.120. The van der Waals surface area contributed by atoms with Crippen LogP contribution in [0.4, 0.5) is 0 Å². The molecule has 0 amide bonds. The number of methoxy groups -OCH3 is 1. The van der Waals surface area contributed by atoms with Gasteiger partial charge in [-0.15, -0.1) is 0 Å². The molecule has 0 bridgehead atoms. The van der Waals surface area contributed by atoms with Crippen molar-refractivity contribution in [2.24, 2.45) is 51.2 Å². The fourth-order valence-corrected chi connectivity index (χ4v) is 11.4. The second kappa shape index (κ2) is 7.94. The summed E-state index contributed by atoms with van der Waals surface area (Å²) in [7, 11) is 1.89. The van der Waals surface area contributed by atoms with Crippen molar-refractivity contribution in [3.63, 3.8) is 0 Å². The third-order valence-corrected chi connectivity index (χ3v) is 13.2. The predicted molar refractivity (Wildman–Crippen MR) is 139 cm³/mol. The predicted octanol–water partition coefficient (Wildman–Crippen LogP) is 7.25. The van der Waals surface area contributed by atoms with E-state index in [9.17, 15) is 5.11 Å². The van der Waals surface area contributed by atoms with Crippen LogP contribution in [0.1, 0.15) is 113 Å². The number of aliphatic hydroxyl groups is 1. The van der Waals surface area contributed by atoms with Crippen LogP contribution in [0.25, 0.3) is 0 Å². The van der Waals surface area contributed by atoms with Crippen LogP contribution in [-0.4, -0.2) is 36.1 Å². The van der Waals surface area contributed by atoms with Crippen LogP contribution < -0.4 is 0 Å². The van der Waals surface area contributed by atoms with Crippen LogP contribution in [-0.2, 0) is 9.47 Å². The van der Waals surface area contributed by atoms with Gasteiger partial charge in [0.05, 0.1) is 18.3 Å². The van der Waals surface area contributed by atoms with E-state index in [-0.39, 0.29) is 39.3 Å². The van der Waals surface area contributed by atoms with E-state index in [1.165, 1.54) is 32.1 Å². The van der Waals surface area contributed by atoms with Crippen molar-refractivity contribution in [2.45, 2.75) is 137 Å². The van der Waals surface area contributed by atoms with Gasteiger partial charge in [0.15, 0.2) is 0 Å². The Morgan fingerprint density at radius 2 is 1.71 bits per heavy atom. The SMILES string of the molecule is COC1CCC2(C)C(CC3OC34C2C(O)CC2(C)C(C(C)CCCC(C)C)CCC24C)C1(C)C. The fraction of sp³-hybridized carbons (Fsp3) is 1.00. The van der Waals surface area contributed by atoms with Gasteiger partial charge in [-0.25, -0.2) is 0 Å². The smallest absolute Gasteiger partial charge is 0.106 e. The first-order chi connectivity index (χ1) is 15.8. The van der Waals surface area contributed by atoms with Crippen molar-refractivity contribution < 1.29 is 14.6 Å². The minimum absolute atomic E-state index is 0.115. The summed E-state index contributed by atoms with van der Waals surface area (Å²) in [5.74, 6) is 3.02. The highest BCUT2D eigenvalue weighted by molar-refractivity contribution is 5.33. The molecule has 34 heavy (non-hydrogen) atoms. The average molecular weight is 475 g/mol. The summed E-state index contributed by atoms with van der Waals surface area (Å²) in [5, 5.41) is 12.1. The maximum absolute atomic E-state index is 12.1. The molecule has 0 aromatic carbocycles. The molecule has 196 valence electrons. The zero-order chi connectivity index (χ0) is 24.9. The van der Waals surface area contributed by atoms with Crippen molar-refractivity contribution in [3.05, 3.63) is 0 Å². The van der Waals surface area contributed by atoms with Gasteiger partial charge in [0.2, 0.25) is 0 Å². The summed E-state index contributed by atoms with van der Waals surface area (Å²) in [6.45, 7) is 19.7. The van der Waals surface area contributed by atoms with Crippen LogP contribution in [0.2, 0.25) is 0 Å². The van der Waals surface area contributed by atoms with Gasteiger partial charge in [-0.3, -0.25) is 0 Å². The van der Waals surface area contributed by atoms with E-state index in [4.69, 9.17) is 9.47 Å². The highest BCUT2D eigenvalue weighted by Gasteiger charge is 2.85. The van der Waals surface area contributed by atoms with Gasteiger partial charge in [0.1, 0.15) is 5.60 Å². The van der Waals surface area contributed by atoms with Crippen molar-refractivity contribution in [1.82, 2.24) is 0 Å². The van der Waals surface area contributed by atoms with E-state index < -0.39 is 0 Å². The Morgan fingerprint density at radius 1 is 1.00 bits per heavy atom. The second-order valence-electron chi connectivity index (χ2n) is 15.2. The van der Waals surface area contributed by atoms with Crippen molar-refractivity contribution in [2.75, 3.05) is 7.11 Å². The molecule has 1 heterocycles. The highest BCUT2D eigenvalue weighted by Crippen LogP contribution is 2.81. The molecular weight excluding hydrogens is 420 g/mol. The average Bonchev–Trinajstić information content (AvgIpc) is 3.38. The molecule has 5 aliphatic rings. The van der Waals surface area contributed by atoms with E-state index in [1.54, 1.807) is 0 Å². The molecule has 5 fully saturated rings. The molecular formula is C31H54O3. The Bertz CT molecular complexity index is 792. The maximum Gasteiger partial charge on any atom is 0.106 e. The second-order valence-corrected chi connectivity index (χ2v) is 15.2. The molecule has 0 aromatic rings. The summed E-state index contributed by atoms with van der Waals surface area (Å²) >= 11 is 0. The quantitative estimate of drug-likeness (QED) is 0.412. The minimum atomic E-state index is -0.255. The largest absolute Gasteiger partial charge is 0.393 e. The van der Waals surface area contributed by atoms with E-state index in [2.05, 4.69) is 55.4 Å². The molecule has 4 saturated carbocycles. The molecule has 0 radical (unpaired) electrons. The lowest BCUT2D eigenvalue weighted by Gasteiger charge is -2.67. The fourth-order valence-electron chi connectivity index (χ4n) is 11.4. The molecule has 11 atom stereocenters. The number of fused-ring (bicyclic) bond motifs is 3. The third kappa shape index (κ3) is 3.05. The monoisotopic (exact) mass is 474 g/mol. The van der Waals surface area contributed by atoms with E-state index in [1.807, 2.05) is 7.11 Å². The summed E-state index contributed by atoms with van der Waals surface area (Å²) < 4.78 is 13.0. The standard InChI is InChI=1S/C31H54O3/c1-19(2)11-10-12-20(3)21-13-16-30(8)29(21,7)18-22(32)26-28(6)15-14-24(33-9)27(4,5)23(28)17-25-31(26,30)34-25/h19-26,32H,10-18H2,1-9H3. The van der Waals surface area contributed by atoms with Crippen LogP contribution in [0, 0.1) is 51.2 Å². The number of rotatable bonds is 6. The highest BCUT2D eigenvalue weighted by atomic mass is 16.6. The lowest BCUT2D eigenvalue weighted by atomic mass is 9.37. The summed E-state index contributed by atoms with van der Waals surface area (Å²) in [6, 6.07) is 0. The summed E-state index contributed by atoms with van der Waals surface area (Å²) in [4.78, 5) is 0. The minimum Gasteiger partial charge on any atom is -0.393 e. The lowest BCUT2D eigenvalue weighted by Crippen LogP contribution is -2.70. The third-order valence-electron chi connectivity index (χ3n) is 13.2. The zero-order valence-electron chi connectivity index (χ0n) is 23.7. The zero-order valence-corrected chi connectivity index (χ0v) is 23.7. The molecule has 1 spiro atoms. The summed E-state index contributed by atoms with van der Waals surface area (Å²) in [5.41, 5.74) is 0.451. The first kappa shape index (κ1) is 25.5. The molecule has 1 aliphatic heterocycles. The van der Waals surface area contributed by atoms with Gasteiger partial charge in [-0.05, 0) is 78.4 Å². The van der Waals surface area contributed by atoms with Crippen LogP contribution in [0.5, 0.6) is 0 Å². The van der Waals surface area contributed by atoms with Gasteiger partial charge in [0, 0.05) is 18.4 Å². The lowest BCUT2D eigenvalue weighted by molar-refractivity contribution is -0.227. The van der Waals surface area contributed by atoms with Gasteiger partial charge < -0.3 is 14.6 Å². The molecule has 3 nitrogen and oxygen atoms in total. The van der Waals surface area contributed by atoms with E-state index in [0.717, 1.165) is 37.5 Å². The molecule has 5 rings (SSSR count). The first-order valence-corrected chi connectivity index (χ1v) is 14.7. The Labute approximate surface area is 210 Å². The van der Waals surface area contributed by atoms with Gasteiger partial charge in [-0.1, -0.05) is 74.7 Å². The molecule has 11 unspecified atom stereocenters. The number of hydrogen-bond donors (Lipinski definition) is 1. The van der Waals surface area contributed by atoms with E-state index in [0.29, 0.717) is 24.0 Å². The Morgan fingerprint density at radius 3 is 2.35 bits per heavy atom. The first-order valence-electron chi connectivity index (χ1n) is 14.7. The molecule has 4 aliphatic carbocycles. The van der Waals surface area contributed by atoms with Crippen molar-refractivity contribution >= 4 is 0 Å². The number of aliphatic hydroxyl groups excluding tert-OH is 1. The molecule has 1 N–H and O–H groups in total. The van der Waals surface area contributed by atoms with Crippen LogP contribution in [0.3, 0.4) is 0 Å². The van der Waals surface area contributed by atoms with Gasteiger partial charge in [-0.2, -0.15) is 0 Å². The van der Waals surface area contributed by atoms with Crippen LogP contribution >= 0.6 is 0 Å². The van der Waals surface area contributed by atoms with Crippen LogP contribution in [0.15, 0.2) is 0 Å². The molecule has 0 aromatic heterocycles. The normalized spacial score (nSPS) is 54.1. The number of epoxide rings is 1. The maximum atomic E-state index is 12.1. The molecule has 3 heteroatoms. The Balaban J connectivity index is 1.47. The number of ether oxygens (including phenoxy) is 2. The van der Waals surface area contributed by atoms with Gasteiger partial charge in [0.25, 0.3) is 0 Å². The molecule has 1 saturated heterocycles. The Kier molecular flexibility index (Phi) is 5.96. The number of hydrogen-bond acceptors (Lipinski definition) is 3. The van der Waals surface area contributed by atoms with Gasteiger partial charge >= 0.3 is 0 Å². The van der Waals surface area contributed by atoms with E-state index >= 15 is 0 Å².